The largest absolute Gasteiger partial charge is 0.456 e. The van der Waals surface area contributed by atoms with Crippen molar-refractivity contribution >= 4 is 82.5 Å². The number of fused-ring (bicyclic) bond motifs is 9. The highest BCUT2D eigenvalue weighted by atomic mass is 16.3. The van der Waals surface area contributed by atoms with Crippen LogP contribution in [0.15, 0.2) is 197 Å². The number of hydrogen-bond acceptors (Lipinski definition) is 3. The van der Waals surface area contributed by atoms with Crippen LogP contribution in [0.5, 0.6) is 0 Å². The Morgan fingerprint density at radius 3 is 1.66 bits per heavy atom. The lowest BCUT2D eigenvalue weighted by molar-refractivity contribution is 0.669. The van der Waals surface area contributed by atoms with Crippen LogP contribution in [0.3, 0.4) is 0 Å². The van der Waals surface area contributed by atoms with Crippen molar-refractivity contribution in [3.63, 3.8) is 0 Å². The first-order chi connectivity index (χ1) is 26.2. The summed E-state index contributed by atoms with van der Waals surface area (Å²) in [4.78, 5) is 2.31. The van der Waals surface area contributed by atoms with E-state index in [9.17, 15) is 0 Å². The molecule has 0 amide bonds. The molecule has 0 fully saturated rings. The summed E-state index contributed by atoms with van der Waals surface area (Å²) >= 11 is 0. The van der Waals surface area contributed by atoms with Crippen molar-refractivity contribution in [2.75, 3.05) is 4.90 Å². The first-order valence-electron chi connectivity index (χ1n) is 18.0. The van der Waals surface area contributed by atoms with Gasteiger partial charge in [-0.3, -0.25) is 0 Å². The molecule has 0 aliphatic heterocycles. The van der Waals surface area contributed by atoms with E-state index >= 15 is 0 Å². The number of rotatable bonds is 5. The summed E-state index contributed by atoms with van der Waals surface area (Å²) in [5.74, 6) is 0. The van der Waals surface area contributed by atoms with Crippen molar-refractivity contribution in [1.82, 2.24) is 0 Å². The smallest absolute Gasteiger partial charge is 0.159 e. The average Bonchev–Trinajstić information content (AvgIpc) is 3.80. The highest BCUT2D eigenvalue weighted by Gasteiger charge is 2.20. The van der Waals surface area contributed by atoms with Crippen molar-refractivity contribution in [1.29, 1.82) is 0 Å². The van der Waals surface area contributed by atoms with Gasteiger partial charge in [0, 0.05) is 38.3 Å². The van der Waals surface area contributed by atoms with E-state index in [0.29, 0.717) is 0 Å². The molecule has 248 valence electrons. The molecule has 0 radical (unpaired) electrons. The number of anilines is 3. The van der Waals surface area contributed by atoms with E-state index in [0.717, 1.165) is 77.5 Å². The van der Waals surface area contributed by atoms with E-state index in [-0.39, 0.29) is 0 Å². The van der Waals surface area contributed by atoms with Gasteiger partial charge >= 0.3 is 0 Å². The maximum absolute atomic E-state index is 6.87. The lowest BCUT2D eigenvalue weighted by Gasteiger charge is -2.26. The maximum Gasteiger partial charge on any atom is 0.159 e. The van der Waals surface area contributed by atoms with Gasteiger partial charge in [0.15, 0.2) is 5.58 Å². The van der Waals surface area contributed by atoms with Crippen LogP contribution in [0.4, 0.5) is 17.1 Å². The average molecular weight is 678 g/mol. The zero-order valence-electron chi connectivity index (χ0n) is 28.7. The van der Waals surface area contributed by atoms with Crippen LogP contribution >= 0.6 is 0 Å². The minimum atomic E-state index is 0.860. The van der Waals surface area contributed by atoms with Gasteiger partial charge in [-0.2, -0.15) is 0 Å². The Hall–Kier alpha value is -7.10. The van der Waals surface area contributed by atoms with Crippen molar-refractivity contribution in [2.45, 2.75) is 0 Å². The molecule has 11 rings (SSSR count). The molecule has 0 saturated heterocycles. The standard InChI is InChI=1S/C50H31NO2/c1-2-10-36-30-37(17-16-32(36)8-1)33-18-24-39(25-19-33)51(46-14-7-13-43-44-28-22-35-9-3-4-11-41(35)49(44)53-50(43)46)40-26-20-34(21-27-40)38-23-29-48-45(31-38)42-12-5-6-15-47(42)52-48/h1-31H. The van der Waals surface area contributed by atoms with Crippen LogP contribution < -0.4 is 4.90 Å². The second kappa shape index (κ2) is 11.7. The van der Waals surface area contributed by atoms with E-state index in [1.807, 2.05) is 12.1 Å². The first-order valence-corrected chi connectivity index (χ1v) is 18.0. The maximum atomic E-state index is 6.87. The molecule has 2 heterocycles. The number of nitrogens with zero attached hydrogens (tertiary/aromatic N) is 1. The van der Waals surface area contributed by atoms with Crippen molar-refractivity contribution in [3.05, 3.63) is 188 Å². The third kappa shape index (κ3) is 4.82. The third-order valence-corrected chi connectivity index (χ3v) is 10.7. The topological polar surface area (TPSA) is 29.5 Å². The number of para-hydroxylation sites is 2. The summed E-state index contributed by atoms with van der Waals surface area (Å²) in [6.07, 6.45) is 0. The van der Waals surface area contributed by atoms with Gasteiger partial charge in [0.1, 0.15) is 16.7 Å². The Kier molecular flexibility index (Phi) is 6.55. The first kappa shape index (κ1) is 29.6. The molecule has 11 aromatic rings. The van der Waals surface area contributed by atoms with E-state index in [4.69, 9.17) is 8.83 Å². The second-order valence-electron chi connectivity index (χ2n) is 13.7. The number of benzene rings is 9. The number of hydrogen-bond donors (Lipinski definition) is 0. The molecule has 0 N–H and O–H groups in total. The minimum absolute atomic E-state index is 0.860. The Morgan fingerprint density at radius 2 is 0.868 bits per heavy atom. The highest BCUT2D eigenvalue weighted by Crippen LogP contribution is 2.44. The third-order valence-electron chi connectivity index (χ3n) is 10.7. The van der Waals surface area contributed by atoms with Crippen LogP contribution in [0, 0.1) is 0 Å². The Morgan fingerprint density at radius 1 is 0.302 bits per heavy atom. The van der Waals surface area contributed by atoms with Gasteiger partial charge in [-0.05, 0) is 99.1 Å². The summed E-state index contributed by atoms with van der Waals surface area (Å²) in [6, 6.07) is 66.8. The summed E-state index contributed by atoms with van der Waals surface area (Å²) in [5, 5.41) is 9.23. The van der Waals surface area contributed by atoms with E-state index in [1.165, 1.54) is 27.3 Å². The monoisotopic (exact) mass is 677 g/mol. The predicted octanol–water partition coefficient (Wildman–Crippen LogP) is 14.6. The molecular formula is C50H31NO2. The summed E-state index contributed by atoms with van der Waals surface area (Å²) in [6.45, 7) is 0. The Balaban J connectivity index is 1.05. The molecule has 0 atom stereocenters. The second-order valence-corrected chi connectivity index (χ2v) is 13.7. The fourth-order valence-corrected chi connectivity index (χ4v) is 8.00. The molecule has 2 aromatic heterocycles. The molecular weight excluding hydrogens is 647 g/mol. The Labute approximate surface area is 305 Å². The van der Waals surface area contributed by atoms with Crippen LogP contribution in [0.25, 0.3) is 87.7 Å². The zero-order chi connectivity index (χ0) is 34.9. The van der Waals surface area contributed by atoms with Gasteiger partial charge in [-0.25, -0.2) is 0 Å². The summed E-state index contributed by atoms with van der Waals surface area (Å²) < 4.78 is 13.0. The molecule has 0 bridgehead atoms. The number of furan rings is 2. The van der Waals surface area contributed by atoms with Crippen molar-refractivity contribution < 1.29 is 8.83 Å². The summed E-state index contributed by atoms with van der Waals surface area (Å²) in [7, 11) is 0. The van der Waals surface area contributed by atoms with E-state index in [1.54, 1.807) is 0 Å². The molecule has 3 nitrogen and oxygen atoms in total. The molecule has 0 aliphatic rings. The molecule has 0 unspecified atom stereocenters. The van der Waals surface area contributed by atoms with Gasteiger partial charge < -0.3 is 13.7 Å². The Bertz CT molecular complexity index is 3170. The van der Waals surface area contributed by atoms with Crippen LogP contribution in [-0.2, 0) is 0 Å². The molecule has 53 heavy (non-hydrogen) atoms. The van der Waals surface area contributed by atoms with Crippen molar-refractivity contribution in [3.8, 4) is 22.3 Å². The van der Waals surface area contributed by atoms with Crippen molar-refractivity contribution in [2.24, 2.45) is 0 Å². The summed E-state index contributed by atoms with van der Waals surface area (Å²) in [5.41, 5.74) is 11.3. The van der Waals surface area contributed by atoms with Gasteiger partial charge in [0.05, 0.1) is 5.69 Å². The van der Waals surface area contributed by atoms with Gasteiger partial charge in [-0.15, -0.1) is 0 Å². The van der Waals surface area contributed by atoms with Gasteiger partial charge in [0.25, 0.3) is 0 Å². The van der Waals surface area contributed by atoms with E-state index in [2.05, 4.69) is 181 Å². The lowest BCUT2D eigenvalue weighted by Crippen LogP contribution is -2.10. The quantitative estimate of drug-likeness (QED) is 0.182. The predicted molar refractivity (Wildman–Crippen MR) is 222 cm³/mol. The van der Waals surface area contributed by atoms with Gasteiger partial charge in [-0.1, -0.05) is 127 Å². The van der Waals surface area contributed by atoms with Gasteiger partial charge in [0.2, 0.25) is 0 Å². The SMILES string of the molecule is c1ccc2cc(-c3ccc(N(c4ccc(-c5ccc6oc7ccccc7c6c5)cc4)c4cccc5c4oc4c6ccccc6ccc54)cc3)ccc2c1. The fourth-order valence-electron chi connectivity index (χ4n) is 8.00. The molecule has 0 aliphatic carbocycles. The zero-order valence-corrected chi connectivity index (χ0v) is 28.7. The lowest BCUT2D eigenvalue weighted by atomic mass is 10.0. The normalized spacial score (nSPS) is 11.8. The van der Waals surface area contributed by atoms with E-state index < -0.39 is 0 Å². The fraction of sp³-hybridized carbons (Fsp3) is 0. The highest BCUT2D eigenvalue weighted by molar-refractivity contribution is 6.17. The van der Waals surface area contributed by atoms with Crippen LogP contribution in [0.2, 0.25) is 0 Å². The molecule has 0 saturated carbocycles. The molecule has 9 aromatic carbocycles. The van der Waals surface area contributed by atoms with Crippen LogP contribution in [-0.4, -0.2) is 0 Å². The minimum Gasteiger partial charge on any atom is -0.456 e. The molecule has 0 spiro atoms. The van der Waals surface area contributed by atoms with Crippen LogP contribution in [0.1, 0.15) is 0 Å². The molecule has 3 heteroatoms.